The van der Waals surface area contributed by atoms with Crippen molar-refractivity contribution < 1.29 is 23.8 Å². The molecule has 7 nitrogen and oxygen atoms in total. The van der Waals surface area contributed by atoms with Crippen LogP contribution in [0.25, 0.3) is 0 Å². The lowest BCUT2D eigenvalue weighted by Gasteiger charge is -2.36. The van der Waals surface area contributed by atoms with Crippen molar-refractivity contribution in [1.29, 1.82) is 0 Å². The molecular weight excluding hydrogens is 300 g/mol. The van der Waals surface area contributed by atoms with Gasteiger partial charge in [-0.3, -0.25) is 9.59 Å². The van der Waals surface area contributed by atoms with Crippen LogP contribution in [0.5, 0.6) is 0 Å². The highest BCUT2D eigenvalue weighted by molar-refractivity contribution is 5.97. The zero-order chi connectivity index (χ0) is 17.7. The smallest absolute Gasteiger partial charge is 0.324 e. The summed E-state index contributed by atoms with van der Waals surface area (Å²) in [5.74, 6) is -4.11. The number of carbonyl (C=O) groups excluding carboxylic acids is 2. The highest BCUT2D eigenvalue weighted by Gasteiger charge is 2.51. The van der Waals surface area contributed by atoms with Crippen molar-refractivity contribution in [2.24, 2.45) is 18.9 Å². The molecule has 0 aliphatic carbocycles. The van der Waals surface area contributed by atoms with Crippen LogP contribution in [0.4, 0.5) is 0 Å². The maximum atomic E-state index is 12.5. The van der Waals surface area contributed by atoms with E-state index < -0.39 is 29.6 Å². The molecule has 7 heteroatoms. The SMILES string of the molecule is Cc1c(C)[n+]([O-])c([C@H](C(C)C)C2C(=O)OC(C)(C)OC2=O)n1C. The Bertz CT molecular complexity index is 614. The van der Waals surface area contributed by atoms with Gasteiger partial charge in [0, 0.05) is 27.7 Å². The first kappa shape index (κ1) is 17.3. The third-order valence-electron chi connectivity index (χ3n) is 4.46. The second-order valence-electron chi connectivity index (χ2n) is 6.87. The molecule has 1 aromatic rings. The monoisotopic (exact) mass is 324 g/mol. The van der Waals surface area contributed by atoms with E-state index in [1.165, 1.54) is 13.8 Å². The predicted molar refractivity (Wildman–Crippen MR) is 81.2 cm³/mol. The molecule has 1 aromatic heterocycles. The van der Waals surface area contributed by atoms with Gasteiger partial charge in [0.25, 0.3) is 11.6 Å². The molecule has 1 aliphatic heterocycles. The summed E-state index contributed by atoms with van der Waals surface area (Å²) in [6.07, 6.45) is 0. The van der Waals surface area contributed by atoms with Crippen molar-refractivity contribution in [2.75, 3.05) is 0 Å². The van der Waals surface area contributed by atoms with Crippen molar-refractivity contribution in [1.82, 2.24) is 4.57 Å². The minimum absolute atomic E-state index is 0.131. The van der Waals surface area contributed by atoms with Gasteiger partial charge in [0.05, 0.1) is 13.0 Å². The number of ether oxygens (including phenoxy) is 2. The van der Waals surface area contributed by atoms with Gasteiger partial charge in [-0.2, -0.15) is 0 Å². The maximum absolute atomic E-state index is 12.5. The second-order valence-corrected chi connectivity index (χ2v) is 6.87. The van der Waals surface area contributed by atoms with Crippen molar-refractivity contribution >= 4 is 11.9 Å². The van der Waals surface area contributed by atoms with Crippen molar-refractivity contribution in [3.05, 3.63) is 22.4 Å². The van der Waals surface area contributed by atoms with Crippen LogP contribution in [0.2, 0.25) is 0 Å². The van der Waals surface area contributed by atoms with Gasteiger partial charge in [-0.05, 0) is 5.92 Å². The number of hydrogen-bond donors (Lipinski definition) is 0. The summed E-state index contributed by atoms with van der Waals surface area (Å²) in [4.78, 5) is 24.8. The number of nitrogens with zero attached hydrogens (tertiary/aromatic N) is 2. The Kier molecular flexibility index (Phi) is 4.17. The highest BCUT2D eigenvalue weighted by atomic mass is 16.7. The molecule has 0 saturated carbocycles. The Morgan fingerprint density at radius 2 is 1.65 bits per heavy atom. The maximum Gasteiger partial charge on any atom is 0.324 e. The van der Waals surface area contributed by atoms with E-state index in [0.717, 1.165) is 10.4 Å². The minimum Gasteiger partial charge on any atom is -0.711 e. The van der Waals surface area contributed by atoms with Gasteiger partial charge < -0.3 is 14.7 Å². The predicted octanol–water partition coefficient (Wildman–Crippen LogP) is 1.47. The molecule has 23 heavy (non-hydrogen) atoms. The molecule has 0 radical (unpaired) electrons. The molecule has 2 rings (SSSR count). The lowest BCUT2D eigenvalue weighted by atomic mass is 9.82. The fourth-order valence-electron chi connectivity index (χ4n) is 3.08. The van der Waals surface area contributed by atoms with E-state index in [2.05, 4.69) is 0 Å². The zero-order valence-electron chi connectivity index (χ0n) is 14.7. The van der Waals surface area contributed by atoms with E-state index in [4.69, 9.17) is 9.47 Å². The van der Waals surface area contributed by atoms with Crippen molar-refractivity contribution in [3.8, 4) is 0 Å². The van der Waals surface area contributed by atoms with Gasteiger partial charge >= 0.3 is 11.9 Å². The number of rotatable bonds is 3. The number of carbonyl (C=O) groups is 2. The molecule has 1 aliphatic rings. The first-order chi connectivity index (χ1) is 10.5. The normalized spacial score (nSPS) is 19.7. The van der Waals surface area contributed by atoms with Crippen LogP contribution < -0.4 is 4.73 Å². The van der Waals surface area contributed by atoms with Gasteiger partial charge in [0.15, 0.2) is 5.92 Å². The quantitative estimate of drug-likeness (QED) is 0.364. The van der Waals surface area contributed by atoms with Gasteiger partial charge in [-0.25, -0.2) is 9.30 Å². The van der Waals surface area contributed by atoms with Crippen LogP contribution in [0.15, 0.2) is 0 Å². The molecule has 0 bridgehead atoms. The summed E-state index contributed by atoms with van der Waals surface area (Å²) in [6, 6.07) is 0. The van der Waals surface area contributed by atoms with E-state index in [1.807, 2.05) is 20.8 Å². The zero-order valence-corrected chi connectivity index (χ0v) is 14.7. The molecule has 1 fully saturated rings. The Labute approximate surface area is 135 Å². The average molecular weight is 324 g/mol. The first-order valence-electron chi connectivity index (χ1n) is 7.69. The Morgan fingerprint density at radius 1 is 1.17 bits per heavy atom. The van der Waals surface area contributed by atoms with E-state index in [-0.39, 0.29) is 5.92 Å². The third-order valence-corrected chi connectivity index (χ3v) is 4.46. The summed E-state index contributed by atoms with van der Waals surface area (Å²) in [5, 5.41) is 12.5. The lowest BCUT2D eigenvalue weighted by Crippen LogP contribution is -2.51. The largest absolute Gasteiger partial charge is 0.711 e. The van der Waals surface area contributed by atoms with Crippen LogP contribution in [-0.2, 0) is 26.1 Å². The third kappa shape index (κ3) is 2.80. The van der Waals surface area contributed by atoms with Gasteiger partial charge in [-0.15, -0.1) is 0 Å². The van der Waals surface area contributed by atoms with Crippen LogP contribution >= 0.6 is 0 Å². The Morgan fingerprint density at radius 3 is 2.00 bits per heavy atom. The summed E-state index contributed by atoms with van der Waals surface area (Å²) in [7, 11) is 1.75. The van der Waals surface area contributed by atoms with Gasteiger partial charge in [0.2, 0.25) is 0 Å². The molecule has 0 spiro atoms. The second kappa shape index (κ2) is 5.54. The van der Waals surface area contributed by atoms with Crippen LogP contribution in [0, 0.1) is 30.9 Å². The van der Waals surface area contributed by atoms with Crippen LogP contribution in [0.1, 0.15) is 50.8 Å². The molecule has 1 atom stereocenters. The number of hydrogen-bond acceptors (Lipinski definition) is 5. The fourth-order valence-corrected chi connectivity index (χ4v) is 3.08. The standard InChI is InChI=1S/C16H24N2O5/c1-8(2)11(13-17(7)9(3)10(4)18(13)21)12-14(19)22-16(5,6)23-15(12)20/h8,11-12H,1-7H3/t11-/m1/s1. The van der Waals surface area contributed by atoms with Crippen LogP contribution in [-0.4, -0.2) is 22.3 Å². The number of imidazole rings is 1. The number of aromatic nitrogens is 2. The van der Waals surface area contributed by atoms with E-state index in [9.17, 15) is 14.8 Å². The van der Waals surface area contributed by atoms with E-state index >= 15 is 0 Å². The fraction of sp³-hybridized carbons (Fsp3) is 0.688. The molecule has 1 saturated heterocycles. The van der Waals surface area contributed by atoms with Crippen molar-refractivity contribution in [2.45, 2.75) is 53.2 Å². The van der Waals surface area contributed by atoms with Gasteiger partial charge in [0.1, 0.15) is 11.4 Å². The Balaban J connectivity index is 2.55. The highest BCUT2D eigenvalue weighted by Crippen LogP contribution is 2.37. The summed E-state index contributed by atoms with van der Waals surface area (Å²) in [5.41, 5.74) is 1.34. The topological polar surface area (TPSA) is 84.5 Å². The number of cyclic esters (lactones) is 2. The summed E-state index contributed by atoms with van der Waals surface area (Å²) >= 11 is 0. The molecule has 128 valence electrons. The number of esters is 2. The Hall–Kier alpha value is -2.05. The minimum atomic E-state index is -1.28. The van der Waals surface area contributed by atoms with E-state index in [1.54, 1.807) is 18.5 Å². The molecule has 2 heterocycles. The molecule has 0 amide bonds. The molecule has 0 unspecified atom stereocenters. The van der Waals surface area contributed by atoms with Crippen molar-refractivity contribution in [3.63, 3.8) is 0 Å². The van der Waals surface area contributed by atoms with E-state index in [0.29, 0.717) is 11.5 Å². The first-order valence-corrected chi connectivity index (χ1v) is 7.69. The lowest BCUT2D eigenvalue weighted by molar-refractivity contribution is -0.622. The molecule has 0 aromatic carbocycles. The summed E-state index contributed by atoms with van der Waals surface area (Å²) in [6.45, 7) is 10.3. The average Bonchev–Trinajstić information content (AvgIpc) is 2.57. The summed E-state index contributed by atoms with van der Waals surface area (Å²) < 4.78 is 13.0. The van der Waals surface area contributed by atoms with Crippen LogP contribution in [0.3, 0.4) is 0 Å². The molecular formula is C16H24N2O5. The molecule has 0 N–H and O–H groups in total. The van der Waals surface area contributed by atoms with Gasteiger partial charge in [-0.1, -0.05) is 13.8 Å².